The summed E-state index contributed by atoms with van der Waals surface area (Å²) in [5.74, 6) is -2.30. The third-order valence-corrected chi connectivity index (χ3v) is 4.25. The van der Waals surface area contributed by atoms with Crippen LogP contribution in [-0.4, -0.2) is 21.2 Å². The highest BCUT2D eigenvalue weighted by Crippen LogP contribution is 2.39. The lowest BCUT2D eigenvalue weighted by molar-refractivity contribution is 0.204. The summed E-state index contributed by atoms with van der Waals surface area (Å²) >= 11 is 6.04. The second kappa shape index (κ2) is 7.90. The summed E-state index contributed by atoms with van der Waals surface area (Å²) in [6, 6.07) is 2.30. The molecule has 1 heterocycles. The molecule has 0 spiro atoms. The summed E-state index contributed by atoms with van der Waals surface area (Å²) in [5, 5.41) is 19.0. The smallest absolute Gasteiger partial charge is 0.417 e. The lowest BCUT2D eigenvalue weighted by atomic mass is 9.83. The van der Waals surface area contributed by atoms with Crippen molar-refractivity contribution in [2.75, 3.05) is 4.90 Å². The average molecular weight is 407 g/mol. The summed E-state index contributed by atoms with van der Waals surface area (Å²) in [5.41, 5.74) is -2.10. The van der Waals surface area contributed by atoms with Crippen molar-refractivity contribution >= 4 is 29.2 Å². The van der Waals surface area contributed by atoms with E-state index in [9.17, 15) is 19.6 Å². The van der Waals surface area contributed by atoms with Gasteiger partial charge in [0, 0.05) is 17.2 Å². The molecule has 1 aromatic carbocycles. The molecule has 0 saturated heterocycles. The van der Waals surface area contributed by atoms with E-state index < -0.39 is 34.4 Å². The zero-order valence-corrected chi connectivity index (χ0v) is 16.2. The Labute approximate surface area is 165 Å². The fourth-order valence-electron chi connectivity index (χ4n) is 2.79. The molecule has 0 radical (unpaired) electrons. The molecule has 1 N–H and O–H groups in total. The highest BCUT2D eigenvalue weighted by atomic mass is 35.5. The summed E-state index contributed by atoms with van der Waals surface area (Å²) < 4.78 is 30.0. The topological polar surface area (TPSA) is 90.1 Å². The van der Waals surface area contributed by atoms with Gasteiger partial charge in [-0.25, -0.2) is 28.4 Å². The number of benzene rings is 1. The summed E-state index contributed by atoms with van der Waals surface area (Å²) in [7, 11) is 0. The van der Waals surface area contributed by atoms with Crippen molar-refractivity contribution in [3.05, 3.63) is 58.5 Å². The van der Waals surface area contributed by atoms with Gasteiger partial charge in [0.05, 0.1) is 11.3 Å². The maximum absolute atomic E-state index is 15.4. The van der Waals surface area contributed by atoms with Crippen LogP contribution in [-0.2, 0) is 11.8 Å². The van der Waals surface area contributed by atoms with Crippen LogP contribution in [0.4, 0.5) is 25.1 Å². The number of hydrogen-bond donors (Lipinski definition) is 1. The molecule has 0 fully saturated rings. The van der Waals surface area contributed by atoms with Gasteiger partial charge in [0.1, 0.15) is 23.4 Å². The number of nitriles is 1. The first-order valence-electron chi connectivity index (χ1n) is 8.10. The molecular formula is C19H17ClF2N4O2. The van der Waals surface area contributed by atoms with Crippen molar-refractivity contribution in [3.63, 3.8) is 0 Å². The Kier molecular flexibility index (Phi) is 6.00. The number of carboxylic acid groups (broad SMARTS) is 1. The van der Waals surface area contributed by atoms with Crippen molar-refractivity contribution in [2.45, 2.75) is 32.6 Å². The number of halogens is 3. The van der Waals surface area contributed by atoms with E-state index in [-0.39, 0.29) is 28.5 Å². The van der Waals surface area contributed by atoms with Crippen LogP contribution in [0.5, 0.6) is 0 Å². The standard InChI is InChI=1S/C19H17ClF2N4O2/c1-5-6-10-16(20)24-9-25-17(10)26(18(27)28)13-7-12(21)11(8-23)14(15(13)22)19(2,3)4/h5,7,9H,1,6H2,2-4H3,(H,27,28). The van der Waals surface area contributed by atoms with Gasteiger partial charge in [-0.2, -0.15) is 5.26 Å². The second-order valence-electron chi connectivity index (χ2n) is 6.88. The van der Waals surface area contributed by atoms with E-state index in [2.05, 4.69) is 16.5 Å². The van der Waals surface area contributed by atoms with Crippen LogP contribution in [0.3, 0.4) is 0 Å². The normalized spacial score (nSPS) is 11.0. The molecule has 6 nitrogen and oxygen atoms in total. The second-order valence-corrected chi connectivity index (χ2v) is 7.24. The summed E-state index contributed by atoms with van der Waals surface area (Å²) in [6.07, 6.45) is 0.960. The van der Waals surface area contributed by atoms with Crippen molar-refractivity contribution in [2.24, 2.45) is 0 Å². The Morgan fingerprint density at radius 1 is 1.43 bits per heavy atom. The molecule has 0 saturated carbocycles. The predicted octanol–water partition coefficient (Wildman–Crippen LogP) is 5.12. The summed E-state index contributed by atoms with van der Waals surface area (Å²) in [4.78, 5) is 20.2. The molecule has 0 aliphatic heterocycles. The van der Waals surface area contributed by atoms with Gasteiger partial charge in [0.25, 0.3) is 0 Å². The van der Waals surface area contributed by atoms with E-state index in [1.54, 1.807) is 26.8 Å². The molecule has 0 aliphatic rings. The molecule has 0 aliphatic carbocycles. The highest BCUT2D eigenvalue weighted by Gasteiger charge is 2.33. The first-order chi connectivity index (χ1) is 13.0. The first-order valence-corrected chi connectivity index (χ1v) is 8.48. The lowest BCUT2D eigenvalue weighted by Crippen LogP contribution is -2.29. The van der Waals surface area contributed by atoms with Crippen LogP contribution in [0.1, 0.15) is 37.5 Å². The Bertz CT molecular complexity index is 997. The zero-order valence-electron chi connectivity index (χ0n) is 15.4. The Morgan fingerprint density at radius 2 is 2.07 bits per heavy atom. The molecule has 0 atom stereocenters. The van der Waals surface area contributed by atoms with Crippen molar-refractivity contribution < 1.29 is 18.7 Å². The van der Waals surface area contributed by atoms with Crippen molar-refractivity contribution in [1.82, 2.24) is 9.97 Å². The number of amides is 1. The van der Waals surface area contributed by atoms with Crippen molar-refractivity contribution in [3.8, 4) is 6.07 Å². The van der Waals surface area contributed by atoms with E-state index in [1.807, 2.05) is 0 Å². The SMILES string of the molecule is C=CCc1c(Cl)ncnc1N(C(=O)O)c1cc(F)c(C#N)c(C(C)(C)C)c1F. The molecule has 9 heteroatoms. The van der Waals surface area contributed by atoms with Gasteiger partial charge in [-0.3, -0.25) is 0 Å². The number of aromatic nitrogens is 2. The first kappa shape index (κ1) is 21.3. The van der Waals surface area contributed by atoms with E-state index in [1.165, 1.54) is 6.08 Å². The minimum Gasteiger partial charge on any atom is -0.464 e. The van der Waals surface area contributed by atoms with Gasteiger partial charge in [-0.1, -0.05) is 38.4 Å². The zero-order chi connectivity index (χ0) is 21.2. The Hall–Kier alpha value is -3.05. The number of rotatable bonds is 4. The van der Waals surface area contributed by atoms with Gasteiger partial charge in [0.2, 0.25) is 0 Å². The number of nitrogens with zero attached hydrogens (tertiary/aromatic N) is 4. The van der Waals surface area contributed by atoms with Gasteiger partial charge >= 0.3 is 6.09 Å². The maximum atomic E-state index is 15.4. The third kappa shape index (κ3) is 3.80. The van der Waals surface area contributed by atoms with E-state index >= 15 is 4.39 Å². The molecular weight excluding hydrogens is 390 g/mol. The third-order valence-electron chi connectivity index (χ3n) is 3.92. The Balaban J connectivity index is 2.90. The van der Waals surface area contributed by atoms with Crippen molar-refractivity contribution in [1.29, 1.82) is 5.26 Å². The van der Waals surface area contributed by atoms with Crippen LogP contribution in [0.15, 0.2) is 25.0 Å². The van der Waals surface area contributed by atoms with Gasteiger partial charge in [-0.15, -0.1) is 6.58 Å². The summed E-state index contributed by atoms with van der Waals surface area (Å²) in [6.45, 7) is 8.33. The monoisotopic (exact) mass is 406 g/mol. The van der Waals surface area contributed by atoms with E-state index in [0.29, 0.717) is 11.0 Å². The fourth-order valence-corrected chi connectivity index (χ4v) is 3.00. The van der Waals surface area contributed by atoms with Crippen LogP contribution in [0, 0.1) is 23.0 Å². The quantitative estimate of drug-likeness (QED) is 0.562. The molecule has 1 aromatic heterocycles. The predicted molar refractivity (Wildman–Crippen MR) is 101 cm³/mol. The molecule has 146 valence electrons. The van der Waals surface area contributed by atoms with Crippen LogP contribution in [0.2, 0.25) is 5.15 Å². The number of carbonyl (C=O) groups is 1. The molecule has 2 rings (SSSR count). The van der Waals surface area contributed by atoms with E-state index in [0.717, 1.165) is 6.33 Å². The lowest BCUT2D eigenvalue weighted by Gasteiger charge is -2.27. The average Bonchev–Trinajstić information content (AvgIpc) is 2.59. The van der Waals surface area contributed by atoms with E-state index in [4.69, 9.17) is 11.6 Å². The minimum absolute atomic E-state index is 0.0401. The van der Waals surface area contributed by atoms with Gasteiger partial charge in [0.15, 0.2) is 11.6 Å². The van der Waals surface area contributed by atoms with Crippen LogP contribution >= 0.6 is 11.6 Å². The largest absolute Gasteiger partial charge is 0.464 e. The number of allylic oxidation sites excluding steroid dienone is 1. The fraction of sp³-hybridized carbons (Fsp3) is 0.263. The minimum atomic E-state index is -1.61. The molecule has 28 heavy (non-hydrogen) atoms. The molecule has 0 unspecified atom stereocenters. The van der Waals surface area contributed by atoms with Crippen LogP contribution in [0.25, 0.3) is 0 Å². The maximum Gasteiger partial charge on any atom is 0.417 e. The number of anilines is 2. The Morgan fingerprint density at radius 3 is 2.57 bits per heavy atom. The highest BCUT2D eigenvalue weighted by molar-refractivity contribution is 6.30. The van der Waals surface area contributed by atoms with Gasteiger partial charge < -0.3 is 5.11 Å². The number of hydrogen-bond acceptors (Lipinski definition) is 4. The van der Waals surface area contributed by atoms with Gasteiger partial charge in [-0.05, 0) is 11.8 Å². The molecule has 2 aromatic rings. The van der Waals surface area contributed by atoms with Crippen LogP contribution < -0.4 is 4.90 Å². The molecule has 0 bridgehead atoms. The molecule has 1 amide bonds.